The third kappa shape index (κ3) is 9.53. The van der Waals surface area contributed by atoms with Crippen LogP contribution in [0.4, 0.5) is 4.39 Å². The molecule has 1 aliphatic rings. The third-order valence-corrected chi connectivity index (χ3v) is 7.37. The highest BCUT2D eigenvalue weighted by Crippen LogP contribution is 2.23. The van der Waals surface area contributed by atoms with Crippen molar-refractivity contribution < 1.29 is 22.3 Å². The Morgan fingerprint density at radius 2 is 1.83 bits per heavy atom. The number of rotatable bonds is 8. The Morgan fingerprint density at radius 3 is 2.44 bits per heavy atom. The first kappa shape index (κ1) is 33.7. The number of ether oxygens (including phenoxy) is 1. The third-order valence-electron chi connectivity index (χ3n) is 5.86. The number of hydrogen-bond acceptors (Lipinski definition) is 7. The lowest BCUT2D eigenvalue weighted by Gasteiger charge is -2.38. The van der Waals surface area contributed by atoms with Crippen LogP contribution in [0.25, 0.3) is 11.0 Å². The lowest BCUT2D eigenvalue weighted by Crippen LogP contribution is -2.52. The molecule has 1 saturated heterocycles. The normalized spacial score (nSPS) is 17.0. The average Bonchev–Trinajstić information content (AvgIpc) is 3.42. The summed E-state index contributed by atoms with van der Waals surface area (Å²) < 4.78 is 48.8. The Hall–Kier alpha value is -3.51. The number of fused-ring (bicyclic) bond motifs is 1. The van der Waals surface area contributed by atoms with Crippen LogP contribution in [0.1, 0.15) is 70.8 Å². The summed E-state index contributed by atoms with van der Waals surface area (Å²) in [6, 6.07) is 6.90. The Labute approximate surface area is 242 Å². The second kappa shape index (κ2) is 14.9. The number of carbonyl (C=O) groups excluding carboxylic acids is 1. The first-order valence-corrected chi connectivity index (χ1v) is 15.4. The van der Waals surface area contributed by atoms with Crippen molar-refractivity contribution in [3.8, 4) is 0 Å². The van der Waals surface area contributed by atoms with Gasteiger partial charge in [0.25, 0.3) is 5.91 Å². The van der Waals surface area contributed by atoms with Gasteiger partial charge in [-0.15, -0.1) is 0 Å². The van der Waals surface area contributed by atoms with Crippen molar-refractivity contribution in [3.63, 3.8) is 0 Å². The maximum absolute atomic E-state index is 14.9. The SMILES string of the molecule is C=C(OC(C)(C)C)N1CCC(NS(=O)(=O)c2ccc(CNC(=O)c3cnc4[nH]ncc4c3)cc2)C(F)C1.CC.CC. The quantitative estimate of drug-likeness (QED) is 0.318. The number of nitrogens with one attached hydrogen (secondary N) is 3. The molecule has 3 heterocycles. The first-order valence-electron chi connectivity index (χ1n) is 13.9. The number of piperidine rings is 1. The van der Waals surface area contributed by atoms with Crippen LogP contribution in [-0.2, 0) is 21.3 Å². The molecule has 10 nitrogen and oxygen atoms in total. The standard InChI is InChI=1S/C25H31FN6O4S.2C2H6/c1-16(36-25(2,3)4)32-10-9-22(21(26)15-32)31-37(34,35)20-7-5-17(6-8-20)12-28-24(33)19-11-18-14-29-30-23(18)27-13-19;2*1-2/h5-8,11,13-14,21-22,31H,1,9-10,12,15H2,2-4H3,(H,28,33)(H,27,29,30);2*1-2H3. The van der Waals surface area contributed by atoms with E-state index < -0.39 is 27.8 Å². The van der Waals surface area contributed by atoms with Crippen LogP contribution in [0.5, 0.6) is 0 Å². The summed E-state index contributed by atoms with van der Waals surface area (Å²) in [5.41, 5.74) is 1.23. The molecular weight excluding hydrogens is 547 g/mol. The highest BCUT2D eigenvalue weighted by Gasteiger charge is 2.34. The molecule has 1 aromatic carbocycles. The van der Waals surface area contributed by atoms with Crippen LogP contribution >= 0.6 is 0 Å². The van der Waals surface area contributed by atoms with Gasteiger partial charge in [-0.2, -0.15) is 5.10 Å². The van der Waals surface area contributed by atoms with Gasteiger partial charge in [0.05, 0.1) is 29.2 Å². The molecule has 3 N–H and O–H groups in total. The zero-order valence-corrected chi connectivity index (χ0v) is 25.8. The summed E-state index contributed by atoms with van der Waals surface area (Å²) in [7, 11) is -3.93. The van der Waals surface area contributed by atoms with Gasteiger partial charge >= 0.3 is 0 Å². The molecule has 1 aliphatic heterocycles. The van der Waals surface area contributed by atoms with E-state index >= 15 is 0 Å². The number of nitrogens with zero attached hydrogens (tertiary/aromatic N) is 3. The zero-order chi connectivity index (χ0) is 30.8. The van der Waals surface area contributed by atoms with Crippen LogP contribution < -0.4 is 10.0 Å². The molecule has 0 aliphatic carbocycles. The van der Waals surface area contributed by atoms with Crippen molar-refractivity contribution in [1.82, 2.24) is 30.1 Å². The molecule has 3 aromatic rings. The van der Waals surface area contributed by atoms with Gasteiger partial charge in [0.15, 0.2) is 11.5 Å². The molecule has 0 spiro atoms. The number of sulfonamides is 1. The summed E-state index contributed by atoms with van der Waals surface area (Å²) in [6.45, 7) is 18.1. The number of amides is 1. The smallest absolute Gasteiger partial charge is 0.253 e. The molecule has 0 radical (unpaired) electrons. The molecule has 1 fully saturated rings. The van der Waals surface area contributed by atoms with E-state index in [1.807, 2.05) is 48.5 Å². The summed E-state index contributed by atoms with van der Waals surface area (Å²) in [4.78, 5) is 18.3. The number of H-pyrrole nitrogens is 1. The number of pyridine rings is 1. The topological polar surface area (TPSA) is 129 Å². The lowest BCUT2D eigenvalue weighted by molar-refractivity contribution is -0.0139. The van der Waals surface area contributed by atoms with E-state index in [9.17, 15) is 17.6 Å². The average molecular weight is 591 g/mol. The van der Waals surface area contributed by atoms with Crippen molar-refractivity contribution in [2.45, 2.75) is 84.1 Å². The van der Waals surface area contributed by atoms with Crippen molar-refractivity contribution in [3.05, 3.63) is 66.3 Å². The van der Waals surface area contributed by atoms with Crippen molar-refractivity contribution >= 4 is 27.0 Å². The molecular formula is C29H43FN6O4S. The molecule has 1 amide bonds. The molecule has 12 heteroatoms. The molecule has 41 heavy (non-hydrogen) atoms. The number of aromatic nitrogens is 3. The van der Waals surface area contributed by atoms with Crippen LogP contribution in [0.2, 0.25) is 0 Å². The number of carbonyl (C=O) groups is 1. The minimum absolute atomic E-state index is 0.0101. The maximum atomic E-state index is 14.9. The van der Waals surface area contributed by atoms with Gasteiger partial charge in [0.2, 0.25) is 10.0 Å². The Balaban J connectivity index is 0.00000141. The van der Waals surface area contributed by atoms with Crippen LogP contribution in [0.3, 0.4) is 0 Å². The molecule has 2 aromatic heterocycles. The van der Waals surface area contributed by atoms with Gasteiger partial charge in [-0.25, -0.2) is 22.5 Å². The number of benzene rings is 1. The number of likely N-dealkylation sites (tertiary alicyclic amines) is 1. The van der Waals surface area contributed by atoms with Gasteiger partial charge in [0, 0.05) is 24.7 Å². The van der Waals surface area contributed by atoms with Gasteiger partial charge < -0.3 is 15.0 Å². The maximum Gasteiger partial charge on any atom is 0.253 e. The molecule has 2 atom stereocenters. The minimum Gasteiger partial charge on any atom is -0.474 e. The summed E-state index contributed by atoms with van der Waals surface area (Å²) in [5, 5.41) is 10.1. The number of halogens is 1. The predicted molar refractivity (Wildman–Crippen MR) is 159 cm³/mol. The molecule has 0 bridgehead atoms. The molecule has 226 valence electrons. The summed E-state index contributed by atoms with van der Waals surface area (Å²) in [5.74, 6) is 0.0577. The fourth-order valence-electron chi connectivity index (χ4n) is 3.98. The highest BCUT2D eigenvalue weighted by molar-refractivity contribution is 7.89. The van der Waals surface area contributed by atoms with E-state index in [0.717, 1.165) is 5.39 Å². The van der Waals surface area contributed by atoms with Crippen molar-refractivity contribution in [2.75, 3.05) is 13.1 Å². The number of alkyl halides is 1. The van der Waals surface area contributed by atoms with E-state index in [-0.39, 0.29) is 30.3 Å². The monoisotopic (exact) mass is 590 g/mol. The van der Waals surface area contributed by atoms with E-state index in [1.54, 1.807) is 29.3 Å². The van der Waals surface area contributed by atoms with E-state index in [4.69, 9.17) is 4.74 Å². The molecule has 4 rings (SSSR count). The number of hydrogen-bond donors (Lipinski definition) is 3. The second-order valence-corrected chi connectivity index (χ2v) is 11.7. The Morgan fingerprint density at radius 1 is 1.17 bits per heavy atom. The minimum atomic E-state index is -3.93. The fraction of sp³-hybridized carbons (Fsp3) is 0.483. The number of aromatic amines is 1. The van der Waals surface area contributed by atoms with Crippen LogP contribution in [-0.4, -0.2) is 65.3 Å². The Kier molecular flexibility index (Phi) is 12.3. The largest absolute Gasteiger partial charge is 0.474 e. The predicted octanol–water partition coefficient (Wildman–Crippen LogP) is 4.92. The van der Waals surface area contributed by atoms with Crippen LogP contribution in [0, 0.1) is 0 Å². The summed E-state index contributed by atoms with van der Waals surface area (Å²) >= 11 is 0. The van der Waals surface area contributed by atoms with E-state index in [1.165, 1.54) is 18.3 Å². The van der Waals surface area contributed by atoms with Gasteiger partial charge in [-0.05, 0) is 57.5 Å². The Bertz CT molecular complexity index is 1390. The van der Waals surface area contributed by atoms with E-state index in [0.29, 0.717) is 29.2 Å². The fourth-order valence-corrected chi connectivity index (χ4v) is 5.28. The highest BCUT2D eigenvalue weighted by atomic mass is 32.2. The van der Waals surface area contributed by atoms with Gasteiger partial charge in [-0.3, -0.25) is 9.89 Å². The summed E-state index contributed by atoms with van der Waals surface area (Å²) in [6.07, 6.45) is 1.89. The van der Waals surface area contributed by atoms with Crippen molar-refractivity contribution in [2.24, 2.45) is 0 Å². The van der Waals surface area contributed by atoms with Gasteiger partial charge in [-0.1, -0.05) is 39.8 Å². The van der Waals surface area contributed by atoms with E-state index in [2.05, 4.69) is 31.8 Å². The molecule has 2 unspecified atom stereocenters. The second-order valence-electron chi connectivity index (χ2n) is 9.95. The van der Waals surface area contributed by atoms with Crippen LogP contribution in [0.15, 0.2) is 60.1 Å². The van der Waals surface area contributed by atoms with Gasteiger partial charge in [0.1, 0.15) is 11.8 Å². The lowest BCUT2D eigenvalue weighted by atomic mass is 10.0. The van der Waals surface area contributed by atoms with Crippen molar-refractivity contribution in [1.29, 1.82) is 0 Å². The first-order chi connectivity index (χ1) is 19.4. The molecule has 0 saturated carbocycles. The zero-order valence-electron chi connectivity index (χ0n) is 25.0.